The summed E-state index contributed by atoms with van der Waals surface area (Å²) in [5.74, 6) is 1.95. The van der Waals surface area contributed by atoms with E-state index in [1.807, 2.05) is 18.2 Å². The van der Waals surface area contributed by atoms with Gasteiger partial charge in [-0.15, -0.1) is 0 Å². The van der Waals surface area contributed by atoms with Crippen LogP contribution in [0.1, 0.15) is 38.8 Å². The molecule has 1 aliphatic rings. The Bertz CT molecular complexity index is 2880. The summed E-state index contributed by atoms with van der Waals surface area (Å²) in [7, 11) is 0. The molecule has 4 heteroatoms. The van der Waals surface area contributed by atoms with Crippen molar-refractivity contribution < 1.29 is 0 Å². The number of rotatable bonds is 4. The first-order chi connectivity index (χ1) is 25.8. The highest BCUT2D eigenvalue weighted by atomic mass is 15.0. The lowest BCUT2D eigenvalue weighted by Crippen LogP contribution is -2.43. The second-order valence-electron chi connectivity index (χ2n) is 15.3. The third-order valence-corrected chi connectivity index (χ3v) is 12.0. The van der Waals surface area contributed by atoms with E-state index in [0.717, 1.165) is 27.8 Å². The summed E-state index contributed by atoms with van der Waals surface area (Å²) in [5, 5.41) is 4.85. The van der Waals surface area contributed by atoms with E-state index in [9.17, 15) is 0 Å². The third-order valence-electron chi connectivity index (χ3n) is 12.0. The predicted octanol–water partition coefficient (Wildman–Crippen LogP) is 12.4. The quantitative estimate of drug-likeness (QED) is 0.186. The zero-order valence-corrected chi connectivity index (χ0v) is 30.3. The van der Waals surface area contributed by atoms with Gasteiger partial charge in [-0.2, -0.15) is 0 Å². The van der Waals surface area contributed by atoms with Crippen LogP contribution in [0.15, 0.2) is 158 Å². The molecule has 9 aromatic rings. The van der Waals surface area contributed by atoms with Crippen LogP contribution < -0.4 is 0 Å². The molecule has 0 atom stereocenters. The van der Waals surface area contributed by atoms with Crippen molar-refractivity contribution in [2.75, 3.05) is 0 Å². The largest absolute Gasteiger partial charge is 0.309 e. The average Bonchev–Trinajstić information content (AvgIpc) is 3.54. The van der Waals surface area contributed by atoms with Gasteiger partial charge in [-0.3, -0.25) is 0 Å². The van der Waals surface area contributed by atoms with Crippen molar-refractivity contribution in [1.29, 1.82) is 0 Å². The Hall–Kier alpha value is -6.39. The molecule has 254 valence electrons. The maximum Gasteiger partial charge on any atom is 0.164 e. The van der Waals surface area contributed by atoms with Gasteiger partial charge in [-0.1, -0.05) is 149 Å². The highest BCUT2D eigenvalue weighted by Crippen LogP contribution is 2.56. The fourth-order valence-corrected chi connectivity index (χ4v) is 8.48. The molecule has 0 saturated heterocycles. The fourth-order valence-electron chi connectivity index (χ4n) is 8.48. The summed E-state index contributed by atoms with van der Waals surface area (Å²) in [6.07, 6.45) is 0. The van der Waals surface area contributed by atoms with Crippen LogP contribution in [-0.4, -0.2) is 19.5 Å². The topological polar surface area (TPSA) is 43.6 Å². The summed E-state index contributed by atoms with van der Waals surface area (Å²) in [5.41, 5.74) is 11.7. The van der Waals surface area contributed by atoms with Gasteiger partial charge in [0.05, 0.1) is 11.0 Å². The van der Waals surface area contributed by atoms with Crippen LogP contribution in [0.3, 0.4) is 0 Å². The molecule has 0 saturated carbocycles. The number of fused-ring (bicyclic) bond motifs is 8. The molecule has 0 radical (unpaired) electrons. The Morgan fingerprint density at radius 1 is 0.434 bits per heavy atom. The lowest BCUT2D eigenvalue weighted by molar-refractivity contribution is 0.299. The molecule has 2 heterocycles. The molecule has 0 bridgehead atoms. The van der Waals surface area contributed by atoms with E-state index in [4.69, 9.17) is 15.0 Å². The molecular formula is C49H38N4. The van der Waals surface area contributed by atoms with Gasteiger partial charge >= 0.3 is 0 Å². The average molecular weight is 683 g/mol. The molecule has 0 unspecified atom stereocenters. The Kier molecular flexibility index (Phi) is 6.84. The Morgan fingerprint density at radius 2 is 1.02 bits per heavy atom. The van der Waals surface area contributed by atoms with Crippen molar-refractivity contribution in [3.8, 4) is 51.0 Å². The molecule has 7 aromatic carbocycles. The summed E-state index contributed by atoms with van der Waals surface area (Å²) < 4.78 is 2.46. The predicted molar refractivity (Wildman–Crippen MR) is 219 cm³/mol. The minimum atomic E-state index is -0.0894. The maximum absolute atomic E-state index is 5.08. The first-order valence-electron chi connectivity index (χ1n) is 18.4. The molecule has 2 aromatic heterocycles. The molecular weight excluding hydrogens is 645 g/mol. The molecule has 4 nitrogen and oxygen atoms in total. The van der Waals surface area contributed by atoms with Crippen LogP contribution >= 0.6 is 0 Å². The zero-order valence-electron chi connectivity index (χ0n) is 30.3. The number of aromatic nitrogens is 4. The van der Waals surface area contributed by atoms with Crippen molar-refractivity contribution in [3.63, 3.8) is 0 Å². The van der Waals surface area contributed by atoms with Crippen LogP contribution in [0.2, 0.25) is 0 Å². The lowest BCUT2D eigenvalue weighted by Gasteiger charge is -2.48. The fraction of sp³-hybridized carbons (Fsp3) is 0.122. The second kappa shape index (κ2) is 11.6. The van der Waals surface area contributed by atoms with E-state index in [1.54, 1.807) is 0 Å². The Balaban J connectivity index is 1.17. The highest BCUT2D eigenvalue weighted by molar-refractivity contribution is 6.15. The molecule has 0 amide bonds. The van der Waals surface area contributed by atoms with Gasteiger partial charge in [0, 0.05) is 38.7 Å². The van der Waals surface area contributed by atoms with Gasteiger partial charge < -0.3 is 4.57 Å². The number of hydrogen-bond donors (Lipinski definition) is 0. The van der Waals surface area contributed by atoms with Crippen molar-refractivity contribution >= 4 is 32.6 Å². The van der Waals surface area contributed by atoms with Crippen LogP contribution in [0.4, 0.5) is 0 Å². The van der Waals surface area contributed by atoms with Crippen LogP contribution in [0.25, 0.3) is 83.6 Å². The van der Waals surface area contributed by atoms with E-state index in [-0.39, 0.29) is 10.8 Å². The number of hydrogen-bond acceptors (Lipinski definition) is 3. The van der Waals surface area contributed by atoms with E-state index >= 15 is 0 Å². The molecule has 0 fully saturated rings. The van der Waals surface area contributed by atoms with Gasteiger partial charge in [0.25, 0.3) is 0 Å². The Morgan fingerprint density at radius 3 is 1.79 bits per heavy atom. The molecule has 10 rings (SSSR count). The maximum atomic E-state index is 5.08. The molecule has 53 heavy (non-hydrogen) atoms. The minimum Gasteiger partial charge on any atom is -0.309 e. The van der Waals surface area contributed by atoms with Gasteiger partial charge in [0.2, 0.25) is 0 Å². The zero-order chi connectivity index (χ0) is 35.9. The highest BCUT2D eigenvalue weighted by Gasteiger charge is 2.46. The summed E-state index contributed by atoms with van der Waals surface area (Å²) in [4.78, 5) is 15.1. The number of nitrogens with zero attached hydrogens (tertiary/aromatic N) is 4. The van der Waals surface area contributed by atoms with Crippen LogP contribution in [0.5, 0.6) is 0 Å². The monoisotopic (exact) mass is 682 g/mol. The molecule has 0 spiro atoms. The van der Waals surface area contributed by atoms with Gasteiger partial charge in [-0.05, 0) is 74.7 Å². The summed E-state index contributed by atoms with van der Waals surface area (Å²) >= 11 is 0. The first-order valence-corrected chi connectivity index (χ1v) is 18.4. The van der Waals surface area contributed by atoms with E-state index in [1.165, 1.54) is 49.4 Å². The summed E-state index contributed by atoms with van der Waals surface area (Å²) in [6, 6.07) is 56.2. The lowest BCUT2D eigenvalue weighted by atomic mass is 9.55. The van der Waals surface area contributed by atoms with Crippen molar-refractivity contribution in [1.82, 2.24) is 19.5 Å². The molecule has 1 aliphatic carbocycles. The second-order valence-corrected chi connectivity index (χ2v) is 15.3. The molecule has 0 aliphatic heterocycles. The van der Waals surface area contributed by atoms with E-state index in [0.29, 0.717) is 17.5 Å². The van der Waals surface area contributed by atoms with Crippen molar-refractivity contribution in [3.05, 3.63) is 169 Å². The SMILES string of the molecule is CC1(C)c2ccccc2-c2c(ccc3c4ccccc4n(-c4ccc(-c5nc(-c6ccccc6)nc(-c6ccc7ccccc7c6)n5)cc4)c23)C1(C)C. The Labute approximate surface area is 309 Å². The van der Waals surface area contributed by atoms with Crippen LogP contribution in [-0.2, 0) is 10.8 Å². The van der Waals surface area contributed by atoms with Gasteiger partial charge in [0.1, 0.15) is 0 Å². The number of benzene rings is 7. The van der Waals surface area contributed by atoms with Crippen molar-refractivity contribution in [2.45, 2.75) is 38.5 Å². The number of para-hydroxylation sites is 1. The third kappa shape index (κ3) is 4.72. The van der Waals surface area contributed by atoms with E-state index < -0.39 is 0 Å². The smallest absolute Gasteiger partial charge is 0.164 e. The minimum absolute atomic E-state index is 0.0440. The van der Waals surface area contributed by atoms with E-state index in [2.05, 4.69) is 172 Å². The summed E-state index contributed by atoms with van der Waals surface area (Å²) in [6.45, 7) is 9.59. The van der Waals surface area contributed by atoms with Crippen LogP contribution in [0, 0.1) is 0 Å². The van der Waals surface area contributed by atoms with Gasteiger partial charge in [-0.25, -0.2) is 15.0 Å². The first kappa shape index (κ1) is 31.4. The van der Waals surface area contributed by atoms with Gasteiger partial charge in [0.15, 0.2) is 17.5 Å². The van der Waals surface area contributed by atoms with Crippen molar-refractivity contribution in [2.24, 2.45) is 0 Å². The molecule has 0 N–H and O–H groups in total. The normalized spacial score (nSPS) is 14.3. The standard InChI is InChI=1S/C49H38N4/c1-48(2)40-20-12-10-19-39(40)43-41(49(48,3)4)29-28-38-37-18-11-13-21-42(37)53(44(38)43)36-26-24-33(25-27-36)46-50-45(32-15-6-5-7-16-32)51-47(52-46)35-23-22-31-14-8-9-17-34(31)30-35/h5-30H,1-4H3.